The first-order valence-electron chi connectivity index (χ1n) is 9.42. The van der Waals surface area contributed by atoms with Gasteiger partial charge < -0.3 is 5.32 Å². The van der Waals surface area contributed by atoms with E-state index in [1.165, 1.54) is 37.7 Å². The fraction of sp³-hybridized carbons (Fsp3) is 0.391. The summed E-state index contributed by atoms with van der Waals surface area (Å²) in [4.78, 5) is 0. The molecule has 4 rings (SSSR count). The van der Waals surface area contributed by atoms with E-state index in [9.17, 15) is 0 Å². The molecule has 1 atom stereocenters. The van der Waals surface area contributed by atoms with Crippen LogP contribution in [0.3, 0.4) is 0 Å². The van der Waals surface area contributed by atoms with E-state index in [0.29, 0.717) is 5.92 Å². The van der Waals surface area contributed by atoms with Crippen molar-refractivity contribution < 1.29 is 0 Å². The lowest BCUT2D eigenvalue weighted by atomic mass is 9.59. The van der Waals surface area contributed by atoms with Crippen molar-refractivity contribution in [3.8, 4) is 0 Å². The van der Waals surface area contributed by atoms with Crippen molar-refractivity contribution in [3.63, 3.8) is 0 Å². The second-order valence-electron chi connectivity index (χ2n) is 7.32. The molecule has 0 saturated heterocycles. The van der Waals surface area contributed by atoms with E-state index >= 15 is 0 Å². The molecule has 0 amide bonds. The molecule has 1 aliphatic heterocycles. The van der Waals surface area contributed by atoms with Crippen molar-refractivity contribution in [3.05, 3.63) is 77.9 Å². The van der Waals surface area contributed by atoms with E-state index < -0.39 is 0 Å². The number of hydrogen-bond donors (Lipinski definition) is 1. The van der Waals surface area contributed by atoms with Crippen LogP contribution in [0, 0.1) is 5.92 Å². The van der Waals surface area contributed by atoms with E-state index in [0.717, 1.165) is 13.1 Å². The first-order valence-corrected chi connectivity index (χ1v) is 9.42. The van der Waals surface area contributed by atoms with Crippen LogP contribution in [0.5, 0.6) is 0 Å². The van der Waals surface area contributed by atoms with Gasteiger partial charge in [-0.3, -0.25) is 0 Å². The van der Waals surface area contributed by atoms with Crippen LogP contribution < -0.4 is 5.32 Å². The first-order chi connectivity index (χ1) is 11.9. The molecule has 0 aromatic heterocycles. The maximum atomic E-state index is 3.65. The molecule has 1 fully saturated rings. The van der Waals surface area contributed by atoms with Crippen molar-refractivity contribution in [1.82, 2.24) is 5.32 Å². The summed E-state index contributed by atoms with van der Waals surface area (Å²) in [6, 6.07) is 22.3. The summed E-state index contributed by atoms with van der Waals surface area (Å²) >= 11 is 0. The average molecular weight is 317 g/mol. The molecule has 0 radical (unpaired) electrons. The Labute approximate surface area is 145 Å². The number of hydrogen-bond acceptors (Lipinski definition) is 1. The smallest absolute Gasteiger partial charge is 0.0141 e. The lowest BCUT2D eigenvalue weighted by Gasteiger charge is -2.47. The van der Waals surface area contributed by atoms with Gasteiger partial charge in [0.15, 0.2) is 0 Å². The summed E-state index contributed by atoms with van der Waals surface area (Å²) in [6.07, 6.45) is 9.16. The normalized spacial score (nSPS) is 23.5. The molecule has 1 heterocycles. The van der Waals surface area contributed by atoms with Crippen molar-refractivity contribution >= 4 is 5.57 Å². The van der Waals surface area contributed by atoms with Crippen LogP contribution in [-0.2, 0) is 5.41 Å². The fourth-order valence-corrected chi connectivity index (χ4v) is 4.90. The highest BCUT2D eigenvalue weighted by Crippen LogP contribution is 2.50. The summed E-state index contributed by atoms with van der Waals surface area (Å²) < 4.78 is 0. The first kappa shape index (κ1) is 15.7. The topological polar surface area (TPSA) is 12.0 Å². The molecule has 1 nitrogen and oxygen atoms in total. The van der Waals surface area contributed by atoms with Gasteiger partial charge in [-0.15, -0.1) is 0 Å². The van der Waals surface area contributed by atoms with Crippen LogP contribution in [0.2, 0.25) is 0 Å². The third-order valence-corrected chi connectivity index (χ3v) is 6.06. The molecular formula is C23H27N. The minimum atomic E-state index is 0.286. The maximum Gasteiger partial charge on any atom is 0.0141 e. The SMILES string of the molecule is C1=C(c2ccccc2)C(C2(c3ccccc3)CCCCC2)CNC1. The van der Waals surface area contributed by atoms with Gasteiger partial charge in [-0.05, 0) is 29.5 Å². The zero-order valence-electron chi connectivity index (χ0n) is 14.4. The maximum absolute atomic E-state index is 3.65. The quantitative estimate of drug-likeness (QED) is 0.821. The molecule has 0 bridgehead atoms. The Bertz CT molecular complexity index is 680. The highest BCUT2D eigenvalue weighted by molar-refractivity contribution is 5.70. The van der Waals surface area contributed by atoms with E-state index in [2.05, 4.69) is 72.1 Å². The lowest BCUT2D eigenvalue weighted by Crippen LogP contribution is -2.45. The predicted octanol–water partition coefficient (Wildman–Crippen LogP) is 5.19. The Morgan fingerprint density at radius 3 is 2.17 bits per heavy atom. The zero-order chi connectivity index (χ0) is 16.2. The molecule has 1 aliphatic carbocycles. The van der Waals surface area contributed by atoms with Gasteiger partial charge in [0.25, 0.3) is 0 Å². The van der Waals surface area contributed by atoms with Gasteiger partial charge in [0.1, 0.15) is 0 Å². The molecule has 124 valence electrons. The molecule has 1 heteroatoms. The van der Waals surface area contributed by atoms with Crippen LogP contribution in [0.1, 0.15) is 43.2 Å². The van der Waals surface area contributed by atoms with E-state index in [-0.39, 0.29) is 5.41 Å². The van der Waals surface area contributed by atoms with Crippen molar-refractivity contribution in [1.29, 1.82) is 0 Å². The van der Waals surface area contributed by atoms with Gasteiger partial charge in [0.2, 0.25) is 0 Å². The van der Waals surface area contributed by atoms with Gasteiger partial charge >= 0.3 is 0 Å². The molecule has 1 N–H and O–H groups in total. The Morgan fingerprint density at radius 1 is 0.792 bits per heavy atom. The highest BCUT2D eigenvalue weighted by Gasteiger charge is 2.43. The third kappa shape index (κ3) is 2.82. The zero-order valence-corrected chi connectivity index (χ0v) is 14.4. The van der Waals surface area contributed by atoms with E-state index in [1.54, 1.807) is 11.1 Å². The van der Waals surface area contributed by atoms with Gasteiger partial charge in [-0.2, -0.15) is 0 Å². The van der Waals surface area contributed by atoms with Gasteiger partial charge in [0, 0.05) is 24.4 Å². The second-order valence-corrected chi connectivity index (χ2v) is 7.32. The Balaban J connectivity index is 1.79. The molecule has 1 unspecified atom stereocenters. The van der Waals surface area contributed by atoms with Crippen LogP contribution in [0.4, 0.5) is 0 Å². The highest BCUT2D eigenvalue weighted by atomic mass is 14.9. The monoisotopic (exact) mass is 317 g/mol. The van der Waals surface area contributed by atoms with Crippen LogP contribution in [0.25, 0.3) is 5.57 Å². The van der Waals surface area contributed by atoms with Gasteiger partial charge in [0.05, 0.1) is 0 Å². The lowest BCUT2D eigenvalue weighted by molar-refractivity contribution is 0.223. The van der Waals surface area contributed by atoms with Crippen LogP contribution >= 0.6 is 0 Å². The summed E-state index contributed by atoms with van der Waals surface area (Å²) in [6.45, 7) is 2.08. The van der Waals surface area contributed by atoms with Gasteiger partial charge in [-0.25, -0.2) is 0 Å². The van der Waals surface area contributed by atoms with Crippen molar-refractivity contribution in [2.45, 2.75) is 37.5 Å². The van der Waals surface area contributed by atoms with Gasteiger partial charge in [-0.1, -0.05) is 86.0 Å². The fourth-order valence-electron chi connectivity index (χ4n) is 4.90. The molecule has 24 heavy (non-hydrogen) atoms. The number of benzene rings is 2. The Morgan fingerprint density at radius 2 is 1.46 bits per heavy atom. The van der Waals surface area contributed by atoms with Crippen molar-refractivity contribution in [2.24, 2.45) is 5.92 Å². The van der Waals surface area contributed by atoms with E-state index in [4.69, 9.17) is 0 Å². The van der Waals surface area contributed by atoms with E-state index in [1.807, 2.05) is 0 Å². The summed E-state index contributed by atoms with van der Waals surface area (Å²) in [7, 11) is 0. The van der Waals surface area contributed by atoms with Crippen molar-refractivity contribution in [2.75, 3.05) is 13.1 Å². The molecule has 2 aromatic carbocycles. The summed E-state index contributed by atoms with van der Waals surface area (Å²) in [5, 5.41) is 3.65. The van der Waals surface area contributed by atoms with Crippen LogP contribution in [0.15, 0.2) is 66.7 Å². The molecular weight excluding hydrogens is 290 g/mol. The third-order valence-electron chi connectivity index (χ3n) is 6.06. The minimum absolute atomic E-state index is 0.286. The Hall–Kier alpha value is -1.86. The molecule has 0 spiro atoms. The predicted molar refractivity (Wildman–Crippen MR) is 102 cm³/mol. The second kappa shape index (κ2) is 6.94. The molecule has 1 saturated carbocycles. The Kier molecular flexibility index (Phi) is 4.53. The minimum Gasteiger partial charge on any atom is -0.313 e. The summed E-state index contributed by atoms with van der Waals surface area (Å²) in [5.74, 6) is 0.566. The summed E-state index contributed by atoms with van der Waals surface area (Å²) in [5.41, 5.74) is 4.79. The standard InChI is InChI=1S/C23H27N/c1-4-10-19(11-5-1)21-14-17-24-18-22(21)23(15-8-3-9-16-23)20-12-6-2-7-13-20/h1-2,4-7,10-14,22,24H,3,8-9,15-18H2. The molecule has 2 aliphatic rings. The number of nitrogens with one attached hydrogen (secondary N) is 1. The largest absolute Gasteiger partial charge is 0.313 e. The number of rotatable bonds is 3. The van der Waals surface area contributed by atoms with Crippen LogP contribution in [-0.4, -0.2) is 13.1 Å². The average Bonchev–Trinajstić information content (AvgIpc) is 2.70. The molecule has 2 aromatic rings.